The van der Waals surface area contributed by atoms with Crippen molar-refractivity contribution in [1.82, 2.24) is 4.98 Å². The van der Waals surface area contributed by atoms with Crippen molar-refractivity contribution in [3.63, 3.8) is 0 Å². The highest BCUT2D eigenvalue weighted by Crippen LogP contribution is 2.14. The van der Waals surface area contributed by atoms with Crippen molar-refractivity contribution in [3.05, 3.63) is 52.6 Å². The van der Waals surface area contributed by atoms with E-state index in [2.05, 4.69) is 31.5 Å². The Hall–Kier alpha value is -1.88. The van der Waals surface area contributed by atoms with Crippen LogP contribution in [-0.4, -0.2) is 10.9 Å². The smallest absolute Gasteiger partial charge is 0.226 e. The number of aromatic nitrogens is 1. The number of anilines is 2. The van der Waals surface area contributed by atoms with Crippen LogP contribution in [0, 0.1) is 5.92 Å². The summed E-state index contributed by atoms with van der Waals surface area (Å²) in [5, 5.41) is 6.12. The molecule has 0 unspecified atom stereocenters. The topological polar surface area (TPSA) is 54.0 Å². The number of amides is 1. The van der Waals surface area contributed by atoms with Crippen molar-refractivity contribution >= 4 is 33.3 Å². The second-order valence-electron chi connectivity index (χ2n) is 5.06. The molecule has 0 spiro atoms. The summed E-state index contributed by atoms with van der Waals surface area (Å²) in [6.45, 7) is 4.44. The number of hydrogen-bond donors (Lipinski definition) is 2. The number of nitrogens with zero attached hydrogens (tertiary/aromatic N) is 1. The molecule has 110 valence electrons. The van der Waals surface area contributed by atoms with Gasteiger partial charge >= 0.3 is 0 Å². The maximum Gasteiger partial charge on any atom is 0.226 e. The van der Waals surface area contributed by atoms with Crippen LogP contribution in [0.4, 0.5) is 11.5 Å². The van der Waals surface area contributed by atoms with Crippen molar-refractivity contribution in [1.29, 1.82) is 0 Å². The standard InChI is InChI=1S/C16H18BrN3O/c1-11(2)16(21)20-14-6-3-12(4-7-14)9-18-15-8-5-13(17)10-19-15/h3-8,10-11H,9H2,1-2H3,(H,18,19)(H,20,21). The van der Waals surface area contributed by atoms with Crippen LogP contribution in [0.5, 0.6) is 0 Å². The van der Waals surface area contributed by atoms with Crippen LogP contribution in [0.25, 0.3) is 0 Å². The fourth-order valence-corrected chi connectivity index (χ4v) is 1.90. The average Bonchev–Trinajstić information content (AvgIpc) is 2.48. The Bertz CT molecular complexity index is 594. The molecule has 0 saturated carbocycles. The summed E-state index contributed by atoms with van der Waals surface area (Å²) in [5.74, 6) is 0.838. The second kappa shape index (κ2) is 7.22. The molecule has 2 rings (SSSR count). The molecule has 0 bridgehead atoms. The molecule has 0 radical (unpaired) electrons. The van der Waals surface area contributed by atoms with Crippen LogP contribution < -0.4 is 10.6 Å². The van der Waals surface area contributed by atoms with Crippen LogP contribution in [0.15, 0.2) is 47.1 Å². The van der Waals surface area contributed by atoms with Crippen LogP contribution in [0.2, 0.25) is 0 Å². The molecule has 2 N–H and O–H groups in total. The zero-order valence-electron chi connectivity index (χ0n) is 12.1. The highest BCUT2D eigenvalue weighted by atomic mass is 79.9. The zero-order chi connectivity index (χ0) is 15.2. The second-order valence-corrected chi connectivity index (χ2v) is 5.97. The van der Waals surface area contributed by atoms with Gasteiger partial charge in [0.05, 0.1) is 0 Å². The van der Waals surface area contributed by atoms with Gasteiger partial charge in [-0.05, 0) is 45.8 Å². The quantitative estimate of drug-likeness (QED) is 0.857. The van der Waals surface area contributed by atoms with Crippen LogP contribution in [0.3, 0.4) is 0 Å². The molecule has 2 aromatic rings. The predicted octanol–water partition coefficient (Wildman–Crippen LogP) is 4.05. The summed E-state index contributed by atoms with van der Waals surface area (Å²) < 4.78 is 0.957. The summed E-state index contributed by atoms with van der Waals surface area (Å²) in [6, 6.07) is 11.7. The van der Waals surface area contributed by atoms with Crippen LogP contribution >= 0.6 is 15.9 Å². The average molecular weight is 348 g/mol. The molecule has 5 heteroatoms. The maximum absolute atomic E-state index is 11.6. The van der Waals surface area contributed by atoms with E-state index in [1.807, 2.05) is 50.2 Å². The third kappa shape index (κ3) is 4.86. The highest BCUT2D eigenvalue weighted by molar-refractivity contribution is 9.10. The molecule has 0 saturated heterocycles. The first kappa shape index (κ1) is 15.5. The van der Waals surface area contributed by atoms with Gasteiger partial charge in [0, 0.05) is 28.8 Å². The van der Waals surface area contributed by atoms with Crippen molar-refractivity contribution in [2.45, 2.75) is 20.4 Å². The number of nitrogens with one attached hydrogen (secondary N) is 2. The van der Waals surface area contributed by atoms with E-state index in [-0.39, 0.29) is 11.8 Å². The minimum absolute atomic E-state index is 0.0187. The van der Waals surface area contributed by atoms with Crippen molar-refractivity contribution < 1.29 is 4.79 Å². The molecule has 0 aliphatic rings. The Balaban J connectivity index is 1.90. The summed E-state index contributed by atoms with van der Waals surface area (Å²) in [4.78, 5) is 15.9. The number of hydrogen-bond acceptors (Lipinski definition) is 3. The minimum atomic E-state index is -0.0187. The fraction of sp³-hybridized carbons (Fsp3) is 0.250. The molecule has 0 fully saturated rings. The Kier molecular flexibility index (Phi) is 5.33. The minimum Gasteiger partial charge on any atom is -0.366 e. The summed E-state index contributed by atoms with van der Waals surface area (Å²) in [7, 11) is 0. The maximum atomic E-state index is 11.6. The van der Waals surface area contributed by atoms with Crippen molar-refractivity contribution in [3.8, 4) is 0 Å². The van der Waals surface area contributed by atoms with Gasteiger partial charge < -0.3 is 10.6 Å². The number of halogens is 1. The van der Waals surface area contributed by atoms with Gasteiger partial charge in [0.2, 0.25) is 5.91 Å². The van der Waals surface area contributed by atoms with Crippen LogP contribution in [0.1, 0.15) is 19.4 Å². The lowest BCUT2D eigenvalue weighted by Crippen LogP contribution is -2.17. The third-order valence-electron chi connectivity index (χ3n) is 2.95. The van der Waals surface area contributed by atoms with E-state index in [0.717, 1.165) is 21.5 Å². The lowest BCUT2D eigenvalue weighted by Gasteiger charge is -2.09. The number of rotatable bonds is 5. The highest BCUT2D eigenvalue weighted by Gasteiger charge is 2.06. The van der Waals surface area contributed by atoms with Gasteiger partial charge in [-0.15, -0.1) is 0 Å². The molecule has 0 atom stereocenters. The molecular weight excluding hydrogens is 330 g/mol. The van der Waals surface area contributed by atoms with E-state index >= 15 is 0 Å². The van der Waals surface area contributed by atoms with Crippen molar-refractivity contribution in [2.75, 3.05) is 10.6 Å². The fourth-order valence-electron chi connectivity index (χ4n) is 1.67. The van der Waals surface area contributed by atoms with E-state index < -0.39 is 0 Å². The Morgan fingerprint density at radius 3 is 2.48 bits per heavy atom. The molecule has 1 amide bonds. The van der Waals surface area contributed by atoms with E-state index in [0.29, 0.717) is 6.54 Å². The van der Waals surface area contributed by atoms with Crippen LogP contribution in [-0.2, 0) is 11.3 Å². The summed E-state index contributed by atoms with van der Waals surface area (Å²) in [5.41, 5.74) is 1.95. The van der Waals surface area contributed by atoms with E-state index in [4.69, 9.17) is 0 Å². The van der Waals surface area contributed by atoms with Gasteiger partial charge in [-0.1, -0.05) is 26.0 Å². The molecule has 0 aliphatic carbocycles. The molecule has 4 nitrogen and oxygen atoms in total. The lowest BCUT2D eigenvalue weighted by molar-refractivity contribution is -0.118. The third-order valence-corrected chi connectivity index (χ3v) is 3.42. The monoisotopic (exact) mass is 347 g/mol. The molecule has 1 aromatic heterocycles. The zero-order valence-corrected chi connectivity index (χ0v) is 13.6. The van der Waals surface area contributed by atoms with E-state index in [1.54, 1.807) is 6.20 Å². The SMILES string of the molecule is CC(C)C(=O)Nc1ccc(CNc2ccc(Br)cn2)cc1. The largest absolute Gasteiger partial charge is 0.366 e. The predicted molar refractivity (Wildman–Crippen MR) is 89.2 cm³/mol. The van der Waals surface area contributed by atoms with Gasteiger partial charge in [-0.3, -0.25) is 4.79 Å². The van der Waals surface area contributed by atoms with Gasteiger partial charge in [-0.2, -0.15) is 0 Å². The van der Waals surface area contributed by atoms with E-state index in [9.17, 15) is 4.79 Å². The Morgan fingerprint density at radius 2 is 1.90 bits per heavy atom. The summed E-state index contributed by atoms with van der Waals surface area (Å²) in [6.07, 6.45) is 1.76. The van der Waals surface area contributed by atoms with Gasteiger partial charge in [0.25, 0.3) is 0 Å². The molecule has 1 aromatic carbocycles. The van der Waals surface area contributed by atoms with Crippen molar-refractivity contribution in [2.24, 2.45) is 5.92 Å². The number of carbonyl (C=O) groups excluding carboxylic acids is 1. The van der Waals surface area contributed by atoms with Gasteiger partial charge in [0.1, 0.15) is 5.82 Å². The molecule has 21 heavy (non-hydrogen) atoms. The number of pyridine rings is 1. The first-order valence-corrected chi connectivity index (χ1v) is 7.59. The number of carbonyl (C=O) groups is 1. The number of benzene rings is 1. The van der Waals surface area contributed by atoms with Gasteiger partial charge in [-0.25, -0.2) is 4.98 Å². The Morgan fingerprint density at radius 1 is 1.19 bits per heavy atom. The Labute approximate surface area is 133 Å². The summed E-state index contributed by atoms with van der Waals surface area (Å²) >= 11 is 3.35. The lowest BCUT2D eigenvalue weighted by atomic mass is 10.1. The molecular formula is C16H18BrN3O. The van der Waals surface area contributed by atoms with Gasteiger partial charge in [0.15, 0.2) is 0 Å². The van der Waals surface area contributed by atoms with E-state index in [1.165, 1.54) is 0 Å². The molecule has 0 aliphatic heterocycles. The first-order valence-electron chi connectivity index (χ1n) is 6.80. The normalized spacial score (nSPS) is 10.5. The first-order chi connectivity index (χ1) is 10.0. The molecule has 1 heterocycles.